The molecule has 0 amide bonds. The van der Waals surface area contributed by atoms with Crippen LogP contribution in [0.15, 0.2) is 11.0 Å². The number of hydrogen-bond acceptors (Lipinski definition) is 4. The van der Waals surface area contributed by atoms with Gasteiger partial charge in [-0.3, -0.25) is 14.3 Å². The summed E-state index contributed by atoms with van der Waals surface area (Å²) in [5.74, 6) is 0.601. The van der Waals surface area contributed by atoms with E-state index >= 15 is 0 Å². The summed E-state index contributed by atoms with van der Waals surface area (Å²) < 4.78 is 8.25. The van der Waals surface area contributed by atoms with E-state index in [4.69, 9.17) is 17.0 Å². The number of aromatic nitrogens is 2. The summed E-state index contributed by atoms with van der Waals surface area (Å²) in [7, 11) is 0. The van der Waals surface area contributed by atoms with Crippen LogP contribution in [-0.4, -0.2) is 26.4 Å². The molecule has 1 aromatic heterocycles. The molecule has 0 unspecified atom stereocenters. The zero-order chi connectivity index (χ0) is 14.3. The molecular weight excluding hydrogens is 276 g/mol. The molecule has 2 aliphatic carbocycles. The number of H-pyrrole nitrogens is 1. The Morgan fingerprint density at radius 3 is 2.95 bits per heavy atom. The van der Waals surface area contributed by atoms with Crippen molar-refractivity contribution < 1.29 is 9.84 Å². The van der Waals surface area contributed by atoms with Gasteiger partial charge in [0.05, 0.1) is 11.7 Å². The van der Waals surface area contributed by atoms with Gasteiger partial charge in [0.2, 0.25) is 0 Å². The average Bonchev–Trinajstić information content (AvgIpc) is 2.76. The van der Waals surface area contributed by atoms with Gasteiger partial charge >= 0.3 is 0 Å². The highest BCUT2D eigenvalue weighted by Crippen LogP contribution is 2.70. The number of fused-ring (bicyclic) bond motifs is 3. The molecule has 5 nitrogen and oxygen atoms in total. The van der Waals surface area contributed by atoms with E-state index in [0.29, 0.717) is 22.7 Å². The molecule has 3 aliphatic rings. The average molecular weight is 294 g/mol. The predicted octanol–water partition coefficient (Wildman–Crippen LogP) is 1.66. The van der Waals surface area contributed by atoms with Crippen molar-refractivity contribution in [2.24, 2.45) is 11.3 Å². The van der Waals surface area contributed by atoms with Crippen LogP contribution in [0.1, 0.15) is 38.0 Å². The van der Waals surface area contributed by atoms with Gasteiger partial charge in [0.25, 0.3) is 5.56 Å². The molecule has 4 rings (SSSR count). The van der Waals surface area contributed by atoms with Crippen LogP contribution in [0.3, 0.4) is 0 Å². The van der Waals surface area contributed by atoms with E-state index < -0.39 is 5.60 Å². The zero-order valence-corrected chi connectivity index (χ0v) is 12.4. The van der Waals surface area contributed by atoms with E-state index in [1.807, 2.05) is 0 Å². The zero-order valence-electron chi connectivity index (χ0n) is 11.5. The lowest BCUT2D eigenvalue weighted by Gasteiger charge is -2.25. The fourth-order valence-corrected chi connectivity index (χ4v) is 4.45. The van der Waals surface area contributed by atoms with Crippen molar-refractivity contribution >= 4 is 12.2 Å². The highest BCUT2D eigenvalue weighted by molar-refractivity contribution is 7.71. The van der Waals surface area contributed by atoms with Gasteiger partial charge in [0, 0.05) is 18.2 Å². The summed E-state index contributed by atoms with van der Waals surface area (Å²) >= 11 is 5.22. The van der Waals surface area contributed by atoms with Gasteiger partial charge in [-0.1, -0.05) is 6.92 Å². The van der Waals surface area contributed by atoms with Crippen molar-refractivity contribution in [3.63, 3.8) is 0 Å². The summed E-state index contributed by atoms with van der Waals surface area (Å²) in [4.78, 5) is 14.2. The van der Waals surface area contributed by atoms with Crippen LogP contribution in [0.4, 0.5) is 0 Å². The Kier molecular flexibility index (Phi) is 2.30. The third-order valence-electron chi connectivity index (χ3n) is 5.42. The van der Waals surface area contributed by atoms with Gasteiger partial charge in [0.15, 0.2) is 4.77 Å². The Labute approximate surface area is 121 Å². The van der Waals surface area contributed by atoms with E-state index in [2.05, 4.69) is 11.9 Å². The Balaban J connectivity index is 1.71. The quantitative estimate of drug-likeness (QED) is 0.773. The second-order valence-corrected chi connectivity index (χ2v) is 7.25. The van der Waals surface area contributed by atoms with Gasteiger partial charge in [-0.2, -0.15) is 0 Å². The molecule has 2 heterocycles. The number of ether oxygens (including phenoxy) is 1. The Hall–Kier alpha value is -0.980. The number of aliphatic hydroxyl groups is 1. The fourth-order valence-electron chi connectivity index (χ4n) is 4.19. The Morgan fingerprint density at radius 2 is 2.25 bits per heavy atom. The molecule has 0 bridgehead atoms. The monoisotopic (exact) mass is 294 g/mol. The smallest absolute Gasteiger partial charge is 0.254 e. The van der Waals surface area contributed by atoms with Crippen LogP contribution in [0.5, 0.6) is 0 Å². The van der Waals surface area contributed by atoms with Crippen molar-refractivity contribution in [2.75, 3.05) is 0 Å². The minimum atomic E-state index is -0.735. The molecule has 6 heteroatoms. The Morgan fingerprint density at radius 1 is 1.50 bits per heavy atom. The molecule has 1 saturated heterocycles. The van der Waals surface area contributed by atoms with Crippen LogP contribution in [0, 0.1) is 23.0 Å². The topological polar surface area (TPSA) is 67.2 Å². The number of aromatic amines is 1. The first kappa shape index (κ1) is 12.7. The van der Waals surface area contributed by atoms with Gasteiger partial charge in [-0.15, -0.1) is 0 Å². The summed E-state index contributed by atoms with van der Waals surface area (Å²) in [5.41, 5.74) is -0.177. The second kappa shape index (κ2) is 3.61. The maximum absolute atomic E-state index is 11.5. The normalized spacial score (nSPS) is 45.2. The van der Waals surface area contributed by atoms with E-state index in [-0.39, 0.29) is 23.3 Å². The maximum atomic E-state index is 11.5. The third-order valence-corrected chi connectivity index (χ3v) is 5.74. The van der Waals surface area contributed by atoms with Gasteiger partial charge in [-0.25, -0.2) is 0 Å². The van der Waals surface area contributed by atoms with Crippen molar-refractivity contribution in [1.29, 1.82) is 0 Å². The molecule has 2 saturated carbocycles. The van der Waals surface area contributed by atoms with E-state index in [9.17, 15) is 9.90 Å². The number of hydrogen-bond donors (Lipinski definition) is 2. The van der Waals surface area contributed by atoms with Gasteiger partial charge in [-0.05, 0) is 43.3 Å². The summed E-state index contributed by atoms with van der Waals surface area (Å²) in [6, 6.07) is 0. The highest BCUT2D eigenvalue weighted by atomic mass is 32.1. The number of nitrogens with one attached hydrogen (secondary N) is 1. The third kappa shape index (κ3) is 1.50. The standard InChI is InChI=1S/C14H18N2O3S/c1-7-6-16(12(20)15-10(7)17)9-5-14(18)4-8-3-13(8,2)11(14)19-9/h6,8-9,11,18H,3-5H2,1-2H3,(H,15,17,20)/t8-,9+,11+,13-,14-/m0/s1. The lowest BCUT2D eigenvalue weighted by molar-refractivity contribution is -0.0741. The molecule has 3 fully saturated rings. The molecule has 1 aromatic rings. The van der Waals surface area contributed by atoms with Gasteiger partial charge < -0.3 is 9.84 Å². The number of aryl methyl sites for hydroxylation is 1. The van der Waals surface area contributed by atoms with Crippen LogP contribution in [0.2, 0.25) is 0 Å². The van der Waals surface area contributed by atoms with Crippen LogP contribution >= 0.6 is 12.2 Å². The molecule has 0 spiro atoms. The minimum absolute atomic E-state index is 0.112. The fraction of sp³-hybridized carbons (Fsp3) is 0.714. The van der Waals surface area contributed by atoms with Gasteiger partial charge in [0.1, 0.15) is 6.23 Å². The van der Waals surface area contributed by atoms with Crippen LogP contribution in [-0.2, 0) is 4.74 Å². The SMILES string of the molecule is Cc1cn([C@H]2C[C@@]3(O)C[C@@H]4C[C@]4(C)[C@H]3O2)c(=S)[nH]c1=O. The molecule has 2 N–H and O–H groups in total. The van der Waals surface area contributed by atoms with E-state index in [1.54, 1.807) is 17.7 Å². The summed E-state index contributed by atoms with van der Waals surface area (Å²) in [6.07, 6.45) is 3.83. The molecule has 1 aliphatic heterocycles. The van der Waals surface area contributed by atoms with E-state index in [0.717, 1.165) is 12.8 Å². The summed E-state index contributed by atoms with van der Waals surface area (Å²) in [6.45, 7) is 3.94. The molecule has 0 radical (unpaired) electrons. The first-order chi connectivity index (χ1) is 9.33. The summed E-state index contributed by atoms with van der Waals surface area (Å²) in [5, 5.41) is 10.8. The lowest BCUT2D eigenvalue weighted by Crippen LogP contribution is -2.38. The van der Waals surface area contributed by atoms with Crippen molar-refractivity contribution in [2.45, 2.75) is 51.0 Å². The second-order valence-electron chi connectivity index (χ2n) is 6.87. The molecule has 5 atom stereocenters. The minimum Gasteiger partial charge on any atom is -0.387 e. The van der Waals surface area contributed by atoms with Crippen molar-refractivity contribution in [1.82, 2.24) is 9.55 Å². The van der Waals surface area contributed by atoms with Crippen LogP contribution < -0.4 is 5.56 Å². The maximum Gasteiger partial charge on any atom is 0.254 e. The molecule has 108 valence electrons. The predicted molar refractivity (Wildman–Crippen MR) is 74.9 cm³/mol. The molecule has 20 heavy (non-hydrogen) atoms. The van der Waals surface area contributed by atoms with Crippen LogP contribution in [0.25, 0.3) is 0 Å². The Bertz CT molecular complexity index is 711. The first-order valence-corrected chi connectivity index (χ1v) is 7.44. The lowest BCUT2D eigenvalue weighted by atomic mass is 9.90. The first-order valence-electron chi connectivity index (χ1n) is 7.03. The number of rotatable bonds is 1. The molecule has 0 aromatic carbocycles. The number of nitrogens with zero attached hydrogens (tertiary/aromatic N) is 1. The van der Waals surface area contributed by atoms with Crippen molar-refractivity contribution in [3.8, 4) is 0 Å². The largest absolute Gasteiger partial charge is 0.387 e. The van der Waals surface area contributed by atoms with E-state index in [1.165, 1.54) is 0 Å². The molecular formula is C14H18N2O3S. The highest BCUT2D eigenvalue weighted by Gasteiger charge is 2.72. The van der Waals surface area contributed by atoms with Crippen molar-refractivity contribution in [3.05, 3.63) is 26.9 Å².